The van der Waals surface area contributed by atoms with E-state index in [4.69, 9.17) is 9.97 Å². The van der Waals surface area contributed by atoms with Crippen molar-refractivity contribution in [3.8, 4) is 22.8 Å². The van der Waals surface area contributed by atoms with Gasteiger partial charge in [-0.3, -0.25) is 9.55 Å². The smallest absolute Gasteiger partial charge is 0.137 e. The summed E-state index contributed by atoms with van der Waals surface area (Å²) >= 11 is 0. The van der Waals surface area contributed by atoms with E-state index in [0.717, 1.165) is 56.4 Å². The van der Waals surface area contributed by atoms with Gasteiger partial charge in [0.05, 0.1) is 27.8 Å². The summed E-state index contributed by atoms with van der Waals surface area (Å²) in [6.07, 6.45) is 3.80. The summed E-state index contributed by atoms with van der Waals surface area (Å²) in [7, 11) is 0. The van der Waals surface area contributed by atoms with Crippen molar-refractivity contribution in [2.24, 2.45) is 0 Å². The van der Waals surface area contributed by atoms with Gasteiger partial charge in [-0.25, -0.2) is 4.98 Å². The lowest BCUT2D eigenvalue weighted by Crippen LogP contribution is -2.10. The molecule has 0 spiro atoms. The Morgan fingerprint density at radius 3 is 2.04 bits per heavy atom. The number of para-hydroxylation sites is 3. The van der Waals surface area contributed by atoms with Crippen LogP contribution in [-0.4, -0.2) is 19.1 Å². The third kappa shape index (κ3) is 4.78. The van der Waals surface area contributed by atoms with Crippen molar-refractivity contribution in [3.63, 3.8) is 0 Å². The fourth-order valence-corrected chi connectivity index (χ4v) is 7.73. The van der Waals surface area contributed by atoms with E-state index in [2.05, 4.69) is 185 Å². The van der Waals surface area contributed by atoms with Crippen LogP contribution in [0.15, 0.2) is 182 Å². The number of benzene rings is 6. The highest BCUT2D eigenvalue weighted by Crippen LogP contribution is 2.44. The van der Waals surface area contributed by atoms with Crippen LogP contribution in [0, 0.1) is 6.92 Å². The Morgan fingerprint density at radius 1 is 0.481 bits per heavy atom. The number of hydrogen-bond acceptors (Lipinski definition) is 3. The van der Waals surface area contributed by atoms with Crippen LogP contribution in [0.4, 0.5) is 17.1 Å². The predicted molar refractivity (Wildman–Crippen MR) is 216 cm³/mol. The molecule has 0 amide bonds. The van der Waals surface area contributed by atoms with Gasteiger partial charge in [-0.1, -0.05) is 91.0 Å². The first-order chi connectivity index (χ1) is 25.7. The van der Waals surface area contributed by atoms with E-state index in [1.807, 2.05) is 18.5 Å². The van der Waals surface area contributed by atoms with E-state index >= 15 is 0 Å². The maximum absolute atomic E-state index is 4.90. The standard InChI is InChI=1S/C47H33N5/c1-32-22-26-41(49-31-32)33-13-12-18-36(29-33)50(34-14-4-2-5-15-34)37-23-24-40-44(30-37)52(45-21-10-11-28-48-45)43-27-25-39-38-19-8-9-20-42(38)51(47(39)46(40)43)35-16-6-3-7-17-35/h2-31H,1H3. The molecule has 10 rings (SSSR count). The molecule has 6 aromatic carbocycles. The number of aryl methyl sites for hydroxylation is 1. The van der Waals surface area contributed by atoms with Crippen molar-refractivity contribution >= 4 is 60.7 Å². The van der Waals surface area contributed by atoms with Crippen molar-refractivity contribution < 1.29 is 0 Å². The second-order valence-corrected chi connectivity index (χ2v) is 13.2. The zero-order chi connectivity index (χ0) is 34.6. The normalized spacial score (nSPS) is 11.6. The molecule has 5 heteroatoms. The van der Waals surface area contributed by atoms with Gasteiger partial charge in [0.2, 0.25) is 0 Å². The molecule has 0 atom stereocenters. The van der Waals surface area contributed by atoms with Crippen LogP contribution < -0.4 is 4.90 Å². The van der Waals surface area contributed by atoms with E-state index in [-0.39, 0.29) is 0 Å². The molecule has 0 aliphatic heterocycles. The van der Waals surface area contributed by atoms with Crippen LogP contribution in [-0.2, 0) is 0 Å². The van der Waals surface area contributed by atoms with Crippen molar-refractivity contribution in [1.29, 1.82) is 0 Å². The molecule has 0 unspecified atom stereocenters. The highest BCUT2D eigenvalue weighted by Gasteiger charge is 2.23. The fraction of sp³-hybridized carbons (Fsp3) is 0.0213. The number of fused-ring (bicyclic) bond motifs is 7. The Labute approximate surface area is 301 Å². The number of aromatic nitrogens is 4. The minimum absolute atomic E-state index is 0.875. The lowest BCUT2D eigenvalue weighted by molar-refractivity contribution is 1.08. The third-order valence-electron chi connectivity index (χ3n) is 10.0. The molecule has 4 aromatic heterocycles. The van der Waals surface area contributed by atoms with Gasteiger partial charge in [-0.05, 0) is 91.3 Å². The molecule has 0 saturated carbocycles. The Balaban J connectivity index is 1.28. The van der Waals surface area contributed by atoms with E-state index in [1.165, 1.54) is 32.6 Å². The van der Waals surface area contributed by atoms with Gasteiger partial charge < -0.3 is 9.47 Å². The maximum atomic E-state index is 4.90. The number of rotatable bonds is 6. The molecule has 0 radical (unpaired) electrons. The molecular formula is C47H33N5. The first-order valence-corrected chi connectivity index (χ1v) is 17.6. The fourth-order valence-electron chi connectivity index (χ4n) is 7.73. The zero-order valence-corrected chi connectivity index (χ0v) is 28.6. The van der Waals surface area contributed by atoms with Crippen LogP contribution in [0.5, 0.6) is 0 Å². The van der Waals surface area contributed by atoms with Crippen molar-refractivity contribution in [1.82, 2.24) is 19.1 Å². The Bertz CT molecular complexity index is 2890. The molecule has 10 aromatic rings. The monoisotopic (exact) mass is 667 g/mol. The summed E-state index contributed by atoms with van der Waals surface area (Å²) in [4.78, 5) is 12.0. The van der Waals surface area contributed by atoms with Crippen LogP contribution in [0.1, 0.15) is 5.56 Å². The van der Waals surface area contributed by atoms with Gasteiger partial charge in [-0.15, -0.1) is 0 Å². The second kappa shape index (κ2) is 12.1. The number of hydrogen-bond donors (Lipinski definition) is 0. The summed E-state index contributed by atoms with van der Waals surface area (Å²) in [5.74, 6) is 0.875. The van der Waals surface area contributed by atoms with Crippen molar-refractivity contribution in [2.75, 3.05) is 4.90 Å². The highest BCUT2D eigenvalue weighted by molar-refractivity contribution is 6.26. The van der Waals surface area contributed by atoms with Gasteiger partial charge in [-0.2, -0.15) is 0 Å². The van der Waals surface area contributed by atoms with Crippen LogP contribution in [0.3, 0.4) is 0 Å². The number of pyridine rings is 2. The summed E-state index contributed by atoms with van der Waals surface area (Å²) in [5.41, 5.74) is 12.0. The molecule has 4 heterocycles. The maximum Gasteiger partial charge on any atom is 0.137 e. The van der Waals surface area contributed by atoms with E-state index in [1.54, 1.807) is 0 Å². The molecule has 0 aliphatic carbocycles. The molecular weight excluding hydrogens is 635 g/mol. The Hall–Kier alpha value is -6.98. The topological polar surface area (TPSA) is 38.9 Å². The van der Waals surface area contributed by atoms with Gasteiger partial charge in [0.1, 0.15) is 5.82 Å². The summed E-state index contributed by atoms with van der Waals surface area (Å²) in [5, 5.41) is 4.82. The van der Waals surface area contributed by atoms with Crippen LogP contribution in [0.25, 0.3) is 66.4 Å². The molecule has 52 heavy (non-hydrogen) atoms. The molecule has 5 nitrogen and oxygen atoms in total. The van der Waals surface area contributed by atoms with E-state index in [9.17, 15) is 0 Å². The predicted octanol–water partition coefficient (Wildman–Crippen LogP) is 12.1. The average Bonchev–Trinajstić information content (AvgIpc) is 3.72. The summed E-state index contributed by atoms with van der Waals surface area (Å²) in [6.45, 7) is 2.07. The summed E-state index contributed by atoms with van der Waals surface area (Å²) in [6, 6.07) is 60.4. The van der Waals surface area contributed by atoms with Crippen molar-refractivity contribution in [3.05, 3.63) is 188 Å². The SMILES string of the molecule is Cc1ccc(-c2cccc(N(c3ccccc3)c3ccc4c5c(ccc6c7ccccc7n(-c7ccccc7)c65)n(-c5ccccn5)c4c3)c2)nc1. The number of anilines is 3. The van der Waals surface area contributed by atoms with Gasteiger partial charge >= 0.3 is 0 Å². The molecule has 0 aliphatic rings. The zero-order valence-electron chi connectivity index (χ0n) is 28.6. The second-order valence-electron chi connectivity index (χ2n) is 13.2. The minimum atomic E-state index is 0.875. The van der Waals surface area contributed by atoms with Gasteiger partial charge in [0.25, 0.3) is 0 Å². The van der Waals surface area contributed by atoms with Crippen LogP contribution in [0.2, 0.25) is 0 Å². The molecule has 0 saturated heterocycles. The molecule has 0 N–H and O–H groups in total. The van der Waals surface area contributed by atoms with Gasteiger partial charge in [0, 0.05) is 62.3 Å². The highest BCUT2D eigenvalue weighted by atomic mass is 15.1. The van der Waals surface area contributed by atoms with Crippen molar-refractivity contribution in [2.45, 2.75) is 6.92 Å². The lowest BCUT2D eigenvalue weighted by Gasteiger charge is -2.26. The Kier molecular flexibility index (Phi) is 6.96. The lowest BCUT2D eigenvalue weighted by atomic mass is 10.1. The Morgan fingerprint density at radius 2 is 1.23 bits per heavy atom. The molecule has 246 valence electrons. The first-order valence-electron chi connectivity index (χ1n) is 17.6. The minimum Gasteiger partial charge on any atom is -0.310 e. The van der Waals surface area contributed by atoms with Crippen LogP contribution >= 0.6 is 0 Å². The van der Waals surface area contributed by atoms with E-state index in [0.29, 0.717) is 0 Å². The first kappa shape index (κ1) is 29.9. The average molecular weight is 668 g/mol. The quantitative estimate of drug-likeness (QED) is 0.177. The molecule has 0 bridgehead atoms. The largest absolute Gasteiger partial charge is 0.310 e. The van der Waals surface area contributed by atoms with Gasteiger partial charge in [0.15, 0.2) is 0 Å². The van der Waals surface area contributed by atoms with E-state index < -0.39 is 0 Å². The third-order valence-corrected chi connectivity index (χ3v) is 10.0. The molecule has 0 fully saturated rings. The summed E-state index contributed by atoms with van der Waals surface area (Å²) < 4.78 is 4.74. The number of nitrogens with zero attached hydrogens (tertiary/aromatic N) is 5.